The van der Waals surface area contributed by atoms with Crippen LogP contribution in [0.5, 0.6) is 0 Å². The zero-order valence-electron chi connectivity index (χ0n) is 9.16. The molecule has 16 heavy (non-hydrogen) atoms. The average Bonchev–Trinajstić information content (AvgIpc) is 2.33. The van der Waals surface area contributed by atoms with Gasteiger partial charge in [0.2, 0.25) is 0 Å². The maximum absolute atomic E-state index is 4.39. The lowest BCUT2D eigenvalue weighted by atomic mass is 10.1. The van der Waals surface area contributed by atoms with Crippen molar-refractivity contribution in [1.29, 1.82) is 0 Å². The van der Waals surface area contributed by atoms with Gasteiger partial charge in [-0.25, -0.2) is 9.97 Å². The van der Waals surface area contributed by atoms with Crippen molar-refractivity contribution in [2.75, 3.05) is 12.4 Å². The van der Waals surface area contributed by atoms with E-state index < -0.39 is 0 Å². The molecule has 0 aliphatic heterocycles. The summed E-state index contributed by atoms with van der Waals surface area (Å²) in [4.78, 5) is 8.66. The summed E-state index contributed by atoms with van der Waals surface area (Å²) >= 11 is 3.48. The molecule has 0 radical (unpaired) electrons. The molecule has 0 fully saturated rings. The summed E-state index contributed by atoms with van der Waals surface area (Å²) in [6.07, 6.45) is 1.76. The zero-order chi connectivity index (χ0) is 11.5. The van der Waals surface area contributed by atoms with E-state index in [4.69, 9.17) is 0 Å². The second-order valence-corrected chi connectivity index (χ2v) is 4.33. The highest BCUT2D eigenvalue weighted by Gasteiger charge is 2.03. The molecule has 1 aromatic carbocycles. The Morgan fingerprint density at radius 1 is 1.25 bits per heavy atom. The monoisotopic (exact) mass is 277 g/mol. The van der Waals surface area contributed by atoms with E-state index >= 15 is 0 Å². The van der Waals surface area contributed by atoms with Gasteiger partial charge in [-0.2, -0.15) is 0 Å². The van der Waals surface area contributed by atoms with Crippen LogP contribution in [0.15, 0.2) is 34.9 Å². The Bertz CT molecular complexity index is 511. The third-order valence-corrected chi connectivity index (χ3v) is 3.22. The van der Waals surface area contributed by atoms with Crippen LogP contribution in [0, 0.1) is 6.92 Å². The molecule has 1 heterocycles. The standard InChI is InChI=1S/C12H12BrN3/c1-8-7-9(3-4-10(8)13)12-15-6-5-11(14-2)16-12/h3-7H,1-2H3,(H,14,15,16). The van der Waals surface area contributed by atoms with Gasteiger partial charge in [-0.15, -0.1) is 0 Å². The Hall–Kier alpha value is -1.42. The molecule has 82 valence electrons. The Morgan fingerprint density at radius 2 is 2.06 bits per heavy atom. The van der Waals surface area contributed by atoms with Gasteiger partial charge in [0.25, 0.3) is 0 Å². The molecule has 0 saturated heterocycles. The molecule has 0 aliphatic rings. The minimum absolute atomic E-state index is 0.738. The highest BCUT2D eigenvalue weighted by Crippen LogP contribution is 2.23. The highest BCUT2D eigenvalue weighted by molar-refractivity contribution is 9.10. The largest absolute Gasteiger partial charge is 0.373 e. The summed E-state index contributed by atoms with van der Waals surface area (Å²) in [5.74, 6) is 1.56. The maximum Gasteiger partial charge on any atom is 0.161 e. The van der Waals surface area contributed by atoms with Crippen LogP contribution in [0.2, 0.25) is 0 Å². The molecule has 4 heteroatoms. The summed E-state index contributed by atoms with van der Waals surface area (Å²) in [7, 11) is 1.85. The van der Waals surface area contributed by atoms with Crippen molar-refractivity contribution in [3.05, 3.63) is 40.5 Å². The van der Waals surface area contributed by atoms with Gasteiger partial charge in [0.05, 0.1) is 0 Å². The van der Waals surface area contributed by atoms with Crippen LogP contribution < -0.4 is 5.32 Å². The SMILES string of the molecule is CNc1ccnc(-c2ccc(Br)c(C)c2)n1. The summed E-state index contributed by atoms with van der Waals surface area (Å²) in [5.41, 5.74) is 2.20. The predicted octanol–water partition coefficient (Wildman–Crippen LogP) is 3.26. The van der Waals surface area contributed by atoms with Gasteiger partial charge in [-0.1, -0.05) is 22.0 Å². The molecule has 3 nitrogen and oxygen atoms in total. The number of nitrogens with one attached hydrogen (secondary N) is 1. The number of rotatable bonds is 2. The number of aromatic nitrogens is 2. The van der Waals surface area contributed by atoms with Crippen molar-refractivity contribution < 1.29 is 0 Å². The molecule has 0 bridgehead atoms. The molecular weight excluding hydrogens is 266 g/mol. The molecule has 0 saturated carbocycles. The van der Waals surface area contributed by atoms with Crippen molar-refractivity contribution in [1.82, 2.24) is 9.97 Å². The first-order valence-corrected chi connectivity index (χ1v) is 5.77. The van der Waals surface area contributed by atoms with Gasteiger partial charge in [-0.05, 0) is 30.7 Å². The number of benzene rings is 1. The van der Waals surface area contributed by atoms with E-state index in [9.17, 15) is 0 Å². The first-order chi connectivity index (χ1) is 7.70. The van der Waals surface area contributed by atoms with Crippen LogP contribution in [0.1, 0.15) is 5.56 Å². The van der Waals surface area contributed by atoms with Gasteiger partial charge in [0.1, 0.15) is 5.82 Å². The zero-order valence-corrected chi connectivity index (χ0v) is 10.7. The van der Waals surface area contributed by atoms with Gasteiger partial charge in [0.15, 0.2) is 5.82 Å². The first kappa shape index (κ1) is 11.1. The molecule has 1 N–H and O–H groups in total. The maximum atomic E-state index is 4.39. The van der Waals surface area contributed by atoms with Crippen LogP contribution in [0.4, 0.5) is 5.82 Å². The lowest BCUT2D eigenvalue weighted by molar-refractivity contribution is 1.16. The van der Waals surface area contributed by atoms with E-state index in [0.717, 1.165) is 21.7 Å². The molecular formula is C12H12BrN3. The Morgan fingerprint density at radius 3 is 2.75 bits per heavy atom. The van der Waals surface area contributed by atoms with E-state index in [1.807, 2.05) is 25.2 Å². The van der Waals surface area contributed by atoms with Gasteiger partial charge in [0, 0.05) is 23.3 Å². The normalized spacial score (nSPS) is 10.2. The number of hydrogen-bond acceptors (Lipinski definition) is 3. The van der Waals surface area contributed by atoms with Crippen LogP contribution in [-0.4, -0.2) is 17.0 Å². The molecule has 0 spiro atoms. The second-order valence-electron chi connectivity index (χ2n) is 3.48. The predicted molar refractivity (Wildman–Crippen MR) is 69.5 cm³/mol. The van der Waals surface area contributed by atoms with E-state index in [1.165, 1.54) is 5.56 Å². The summed E-state index contributed by atoms with van der Waals surface area (Å²) in [5, 5.41) is 3.00. The minimum Gasteiger partial charge on any atom is -0.373 e. The van der Waals surface area contributed by atoms with E-state index in [0.29, 0.717) is 0 Å². The number of halogens is 1. The average molecular weight is 278 g/mol. The number of aryl methyl sites for hydroxylation is 1. The Labute approximate surface area is 103 Å². The van der Waals surface area contributed by atoms with Crippen molar-refractivity contribution in [3.63, 3.8) is 0 Å². The topological polar surface area (TPSA) is 37.8 Å². The molecule has 0 unspecified atom stereocenters. The third kappa shape index (κ3) is 2.22. The summed E-state index contributed by atoms with van der Waals surface area (Å²) in [6, 6.07) is 7.93. The van der Waals surface area contributed by atoms with Crippen LogP contribution in [-0.2, 0) is 0 Å². The van der Waals surface area contributed by atoms with Crippen molar-refractivity contribution in [2.45, 2.75) is 6.92 Å². The quantitative estimate of drug-likeness (QED) is 0.916. The molecule has 2 aromatic rings. The first-order valence-electron chi connectivity index (χ1n) is 4.98. The lowest BCUT2D eigenvalue weighted by Crippen LogP contribution is -1.95. The van der Waals surface area contributed by atoms with E-state index in [2.05, 4.69) is 44.2 Å². The second kappa shape index (κ2) is 4.61. The number of anilines is 1. The molecule has 0 atom stereocenters. The van der Waals surface area contributed by atoms with E-state index in [-0.39, 0.29) is 0 Å². The third-order valence-electron chi connectivity index (χ3n) is 2.33. The van der Waals surface area contributed by atoms with Gasteiger partial charge >= 0.3 is 0 Å². The smallest absolute Gasteiger partial charge is 0.161 e. The molecule has 1 aromatic heterocycles. The minimum atomic E-state index is 0.738. The van der Waals surface area contributed by atoms with Crippen LogP contribution >= 0.6 is 15.9 Å². The molecule has 0 aliphatic carbocycles. The van der Waals surface area contributed by atoms with Gasteiger partial charge < -0.3 is 5.32 Å². The fraction of sp³-hybridized carbons (Fsp3) is 0.167. The fourth-order valence-electron chi connectivity index (χ4n) is 1.42. The van der Waals surface area contributed by atoms with Gasteiger partial charge in [-0.3, -0.25) is 0 Å². The summed E-state index contributed by atoms with van der Waals surface area (Å²) in [6.45, 7) is 2.05. The molecule has 0 amide bonds. The van der Waals surface area contributed by atoms with Crippen molar-refractivity contribution >= 4 is 21.7 Å². The fourth-order valence-corrected chi connectivity index (χ4v) is 1.67. The van der Waals surface area contributed by atoms with Crippen molar-refractivity contribution in [2.24, 2.45) is 0 Å². The lowest BCUT2D eigenvalue weighted by Gasteiger charge is -2.05. The number of hydrogen-bond donors (Lipinski definition) is 1. The van der Waals surface area contributed by atoms with E-state index in [1.54, 1.807) is 6.20 Å². The Balaban J connectivity index is 2.46. The van der Waals surface area contributed by atoms with Crippen LogP contribution in [0.3, 0.4) is 0 Å². The number of nitrogens with zero attached hydrogens (tertiary/aromatic N) is 2. The van der Waals surface area contributed by atoms with Crippen molar-refractivity contribution in [3.8, 4) is 11.4 Å². The highest BCUT2D eigenvalue weighted by atomic mass is 79.9. The van der Waals surface area contributed by atoms with Crippen LogP contribution in [0.25, 0.3) is 11.4 Å². The molecule has 2 rings (SSSR count). The Kier molecular flexibility index (Phi) is 3.19. The summed E-state index contributed by atoms with van der Waals surface area (Å²) < 4.78 is 1.10.